The zero-order chi connectivity index (χ0) is 29.5. The maximum atomic E-state index is 13.6. The van der Waals surface area contributed by atoms with E-state index in [2.05, 4.69) is 10.1 Å². The minimum atomic E-state index is -4.54. The van der Waals surface area contributed by atoms with E-state index in [1.165, 1.54) is 34.6 Å². The van der Waals surface area contributed by atoms with Crippen LogP contribution in [0.15, 0.2) is 81.8 Å². The van der Waals surface area contributed by atoms with Crippen LogP contribution < -0.4 is 25.3 Å². The van der Waals surface area contributed by atoms with E-state index in [9.17, 15) is 16.8 Å². The van der Waals surface area contributed by atoms with Gasteiger partial charge in [-0.3, -0.25) is 0 Å². The van der Waals surface area contributed by atoms with Crippen LogP contribution in [0.4, 0.5) is 5.82 Å². The summed E-state index contributed by atoms with van der Waals surface area (Å²) in [5.41, 5.74) is 10.8. The number of rotatable bonds is 12. The van der Waals surface area contributed by atoms with Crippen LogP contribution in [0.3, 0.4) is 0 Å². The molecule has 0 saturated carbocycles. The van der Waals surface area contributed by atoms with Crippen LogP contribution in [0.25, 0.3) is 0 Å². The van der Waals surface area contributed by atoms with Crippen LogP contribution in [0.5, 0.6) is 11.5 Å². The second-order valence-corrected chi connectivity index (χ2v) is 12.4. The number of sulfonamides is 1. The summed E-state index contributed by atoms with van der Waals surface area (Å²) < 4.78 is 66.6. The van der Waals surface area contributed by atoms with Crippen LogP contribution >= 0.6 is 0 Å². The van der Waals surface area contributed by atoms with E-state index < -0.39 is 25.0 Å². The Bertz CT molecular complexity index is 1570. The van der Waals surface area contributed by atoms with Gasteiger partial charge in [-0.25, -0.2) is 13.4 Å². The number of hydrogen-bond donors (Lipinski definition) is 2. The van der Waals surface area contributed by atoms with E-state index in [4.69, 9.17) is 25.2 Å². The number of pyridine rings is 1. The Labute approximate surface area is 239 Å². The molecule has 2 heterocycles. The van der Waals surface area contributed by atoms with Gasteiger partial charge in [0, 0.05) is 44.4 Å². The van der Waals surface area contributed by atoms with Crippen molar-refractivity contribution in [2.45, 2.75) is 23.1 Å². The van der Waals surface area contributed by atoms with Crippen molar-refractivity contribution in [3.05, 3.63) is 72.4 Å². The Morgan fingerprint density at radius 3 is 2.24 bits per heavy atom. The quantitative estimate of drug-likeness (QED) is 0.101. The standard InChI is InChI=1S/C26H32N6O7S2/c1-20-21(37-18-7-19-38-30-26(27)28)8-6-9-22(20)39-41(35,36)24-11-3-2-10-23(24)40(33,34)32-16-14-31(15-17-32)25-12-4-5-13-29-25/h2-6,8-13H,7,14-19H2,1H3,(H4,27,28,30). The Morgan fingerprint density at radius 2 is 1.56 bits per heavy atom. The average molecular weight is 605 g/mol. The fraction of sp³-hybridized carbons (Fsp3) is 0.308. The van der Waals surface area contributed by atoms with Gasteiger partial charge in [0.25, 0.3) is 0 Å². The highest BCUT2D eigenvalue weighted by atomic mass is 32.2. The topological polar surface area (TPSA) is 180 Å². The number of oxime groups is 1. The lowest BCUT2D eigenvalue weighted by atomic mass is 10.2. The SMILES string of the molecule is Cc1c(OCCCON=C(N)N)cccc1OS(=O)(=O)c1ccccc1S(=O)(=O)N1CCN(c2ccccn2)CC1. The molecule has 1 aliphatic heterocycles. The minimum absolute atomic E-state index is 0.00966. The number of ether oxygens (including phenoxy) is 1. The lowest BCUT2D eigenvalue weighted by molar-refractivity contribution is 0.127. The molecule has 4 rings (SSSR count). The van der Waals surface area contributed by atoms with Gasteiger partial charge in [0.15, 0.2) is 0 Å². The predicted molar refractivity (Wildman–Crippen MR) is 153 cm³/mol. The van der Waals surface area contributed by atoms with Gasteiger partial charge < -0.3 is 30.1 Å². The van der Waals surface area contributed by atoms with E-state index >= 15 is 0 Å². The highest BCUT2D eigenvalue weighted by molar-refractivity contribution is 7.91. The van der Waals surface area contributed by atoms with Crippen molar-refractivity contribution in [1.29, 1.82) is 0 Å². The number of benzene rings is 2. The minimum Gasteiger partial charge on any atom is -0.493 e. The number of aromatic nitrogens is 1. The Balaban J connectivity index is 1.48. The zero-order valence-corrected chi connectivity index (χ0v) is 24.1. The summed E-state index contributed by atoms with van der Waals surface area (Å²) in [6, 6.07) is 15.7. The summed E-state index contributed by atoms with van der Waals surface area (Å²) in [5.74, 6) is 0.966. The molecule has 0 unspecified atom stereocenters. The van der Waals surface area contributed by atoms with Gasteiger partial charge in [-0.2, -0.15) is 12.7 Å². The third-order valence-electron chi connectivity index (χ3n) is 6.19. The fourth-order valence-corrected chi connectivity index (χ4v) is 7.32. The van der Waals surface area contributed by atoms with Gasteiger partial charge in [-0.05, 0) is 48.5 Å². The predicted octanol–water partition coefficient (Wildman–Crippen LogP) is 1.64. The molecule has 220 valence electrons. The van der Waals surface area contributed by atoms with Gasteiger partial charge >= 0.3 is 10.1 Å². The lowest BCUT2D eigenvalue weighted by Gasteiger charge is -2.34. The third kappa shape index (κ3) is 7.36. The molecule has 1 aliphatic rings. The van der Waals surface area contributed by atoms with Crippen molar-refractivity contribution >= 4 is 31.9 Å². The molecule has 4 N–H and O–H groups in total. The van der Waals surface area contributed by atoms with Crippen molar-refractivity contribution in [2.24, 2.45) is 16.6 Å². The lowest BCUT2D eigenvalue weighted by Crippen LogP contribution is -2.49. The van der Waals surface area contributed by atoms with E-state index in [0.717, 1.165) is 5.82 Å². The highest BCUT2D eigenvalue weighted by Crippen LogP contribution is 2.32. The monoisotopic (exact) mass is 604 g/mol. The summed E-state index contributed by atoms with van der Waals surface area (Å²) in [4.78, 5) is 10.4. The molecule has 13 nitrogen and oxygen atoms in total. The summed E-state index contributed by atoms with van der Waals surface area (Å²) in [7, 11) is -8.69. The van der Waals surface area contributed by atoms with Crippen molar-refractivity contribution in [2.75, 3.05) is 44.3 Å². The molecule has 0 amide bonds. The molecule has 0 aliphatic carbocycles. The van der Waals surface area contributed by atoms with Gasteiger partial charge in [0.2, 0.25) is 16.0 Å². The molecular formula is C26H32N6O7S2. The number of guanidine groups is 1. The number of nitrogens with two attached hydrogens (primary N) is 2. The molecule has 3 aromatic rings. The van der Waals surface area contributed by atoms with Crippen molar-refractivity contribution in [3.8, 4) is 11.5 Å². The Hall–Kier alpha value is -4.08. The summed E-state index contributed by atoms with van der Waals surface area (Å²) >= 11 is 0. The second kappa shape index (κ2) is 13.1. The molecule has 1 fully saturated rings. The third-order valence-corrected chi connectivity index (χ3v) is 9.57. The number of anilines is 1. The normalized spacial score (nSPS) is 14.3. The molecule has 0 radical (unpaired) electrons. The summed E-state index contributed by atoms with van der Waals surface area (Å²) in [6.45, 7) is 3.26. The smallest absolute Gasteiger partial charge is 0.340 e. The van der Waals surface area contributed by atoms with Crippen molar-refractivity contribution < 1.29 is 30.6 Å². The number of hydrogen-bond acceptors (Lipinski definition) is 10. The van der Waals surface area contributed by atoms with Crippen molar-refractivity contribution in [3.63, 3.8) is 0 Å². The average Bonchev–Trinajstić information content (AvgIpc) is 2.97. The van der Waals surface area contributed by atoms with Crippen LogP contribution in [0.1, 0.15) is 12.0 Å². The van der Waals surface area contributed by atoms with E-state index in [1.54, 1.807) is 25.3 Å². The summed E-state index contributed by atoms with van der Waals surface area (Å²) in [5, 5.41) is 3.42. The second-order valence-electron chi connectivity index (χ2n) is 8.99. The van der Waals surface area contributed by atoms with Gasteiger partial charge in [-0.1, -0.05) is 24.3 Å². The maximum Gasteiger partial charge on any atom is 0.340 e. The first-order valence-electron chi connectivity index (χ1n) is 12.7. The molecule has 0 bridgehead atoms. The number of nitrogens with zero attached hydrogens (tertiary/aromatic N) is 4. The van der Waals surface area contributed by atoms with Crippen LogP contribution in [-0.2, 0) is 25.0 Å². The maximum absolute atomic E-state index is 13.6. The zero-order valence-electron chi connectivity index (χ0n) is 22.4. The molecular weight excluding hydrogens is 572 g/mol. The molecule has 2 aromatic carbocycles. The molecule has 15 heteroatoms. The highest BCUT2D eigenvalue weighted by Gasteiger charge is 2.34. The van der Waals surface area contributed by atoms with Crippen LogP contribution in [0.2, 0.25) is 0 Å². The molecule has 0 spiro atoms. The summed E-state index contributed by atoms with van der Waals surface area (Å²) in [6.07, 6.45) is 2.14. The Morgan fingerprint density at radius 1 is 0.878 bits per heavy atom. The molecule has 0 atom stereocenters. The van der Waals surface area contributed by atoms with Gasteiger partial charge in [-0.15, -0.1) is 0 Å². The number of piperazine rings is 1. The molecule has 41 heavy (non-hydrogen) atoms. The van der Waals surface area contributed by atoms with E-state index in [0.29, 0.717) is 30.8 Å². The fourth-order valence-electron chi connectivity index (χ4n) is 4.14. The van der Waals surface area contributed by atoms with E-state index in [1.807, 2.05) is 23.1 Å². The first-order chi connectivity index (χ1) is 19.6. The Kier molecular flexibility index (Phi) is 9.52. The molecule has 1 aromatic heterocycles. The van der Waals surface area contributed by atoms with Gasteiger partial charge in [0.1, 0.15) is 33.7 Å². The first-order valence-corrected chi connectivity index (χ1v) is 15.6. The molecule has 1 saturated heterocycles. The van der Waals surface area contributed by atoms with Crippen molar-refractivity contribution in [1.82, 2.24) is 9.29 Å². The largest absolute Gasteiger partial charge is 0.493 e. The van der Waals surface area contributed by atoms with Gasteiger partial charge in [0.05, 0.1) is 6.61 Å². The van der Waals surface area contributed by atoms with Crippen LogP contribution in [0, 0.1) is 6.92 Å². The first kappa shape index (κ1) is 29.9. The van der Waals surface area contributed by atoms with Crippen LogP contribution in [-0.4, -0.2) is 71.5 Å². The van der Waals surface area contributed by atoms with E-state index in [-0.39, 0.29) is 42.9 Å².